The van der Waals surface area contributed by atoms with Crippen LogP contribution in [-0.4, -0.2) is 41.3 Å². The van der Waals surface area contributed by atoms with Crippen LogP contribution in [0.5, 0.6) is 0 Å². The molecule has 5 aliphatic rings. The number of aromatic nitrogens is 1. The lowest BCUT2D eigenvalue weighted by Gasteiger charge is -2.70. The average molecular weight is 745 g/mol. The first kappa shape index (κ1) is 38.2. The summed E-state index contributed by atoms with van der Waals surface area (Å²) >= 11 is 1.43. The standard InChI is InChI=1S/C44H60N2O6S/c1-10-51-37(50)41(6)20-19-40(5)21-22-43(8)27(28(40)25-41)24-30(47)36-42(7)17-16-33(39(3,4)32(42)15-18-44(36,43)9)52-35(49)14-13-34(48)46-38-45-29-12-11-26(2)23-31(29)53-38/h11-12,23-24,28,32-33,36H,10,13-22,25H2,1-9H3,(H,45,46,48)/t28-,32-,33-,36+,40+,41-,42-,43+,44+/m0/s1. The molecule has 0 bridgehead atoms. The molecular weight excluding hydrogens is 685 g/mol. The maximum Gasteiger partial charge on any atom is 0.311 e. The molecule has 1 N–H and O–H groups in total. The molecular formula is C44H60N2O6S. The summed E-state index contributed by atoms with van der Waals surface area (Å²) in [6, 6.07) is 5.99. The minimum absolute atomic E-state index is 0.00472. The summed E-state index contributed by atoms with van der Waals surface area (Å²) in [5, 5.41) is 3.39. The molecule has 2 aromatic rings. The summed E-state index contributed by atoms with van der Waals surface area (Å²) in [7, 11) is 0. The van der Waals surface area contributed by atoms with Crippen molar-refractivity contribution in [1.29, 1.82) is 0 Å². The Morgan fingerprint density at radius 1 is 0.943 bits per heavy atom. The van der Waals surface area contributed by atoms with Gasteiger partial charge < -0.3 is 14.8 Å². The number of carbonyl (C=O) groups is 4. The van der Waals surface area contributed by atoms with E-state index in [0.29, 0.717) is 18.2 Å². The van der Waals surface area contributed by atoms with Crippen LogP contribution in [0.2, 0.25) is 0 Å². The van der Waals surface area contributed by atoms with Crippen molar-refractivity contribution >= 4 is 50.3 Å². The number of nitrogens with zero attached hydrogens (tertiary/aromatic N) is 1. The highest BCUT2D eigenvalue weighted by Crippen LogP contribution is 2.75. The maximum atomic E-state index is 14.8. The first-order chi connectivity index (χ1) is 24.8. The molecule has 4 fully saturated rings. The first-order valence-corrected chi connectivity index (χ1v) is 20.9. The van der Waals surface area contributed by atoms with Gasteiger partial charge >= 0.3 is 11.9 Å². The highest BCUT2D eigenvalue weighted by atomic mass is 32.1. The Labute approximate surface area is 319 Å². The number of fused-ring (bicyclic) bond motifs is 8. The lowest BCUT2D eigenvalue weighted by atomic mass is 9.33. The molecule has 1 aromatic carbocycles. The number of rotatable bonds is 7. The van der Waals surface area contributed by atoms with Crippen molar-refractivity contribution < 1.29 is 28.7 Å². The van der Waals surface area contributed by atoms with E-state index in [0.717, 1.165) is 67.1 Å². The molecule has 53 heavy (non-hydrogen) atoms. The van der Waals surface area contributed by atoms with E-state index < -0.39 is 5.41 Å². The molecule has 0 saturated heterocycles. The van der Waals surface area contributed by atoms with E-state index in [4.69, 9.17) is 9.47 Å². The van der Waals surface area contributed by atoms with Gasteiger partial charge in [-0.1, -0.05) is 64.5 Å². The zero-order chi connectivity index (χ0) is 38.4. The van der Waals surface area contributed by atoms with Gasteiger partial charge in [0.2, 0.25) is 5.91 Å². The summed E-state index contributed by atoms with van der Waals surface area (Å²) in [5.74, 6) is -0.212. The fourth-order valence-corrected chi connectivity index (χ4v) is 13.5. The zero-order valence-electron chi connectivity index (χ0n) is 33.4. The first-order valence-electron chi connectivity index (χ1n) is 20.1. The normalized spacial score (nSPS) is 38.7. The molecule has 1 heterocycles. The SMILES string of the molecule is CCOC(=O)[C@@]1(C)CC[C@]2(C)CC[C@]3(C)C(=CC(=O)[C@@H]4[C@@]5(C)CC[C@H](OC(=O)CCC(=O)Nc6nc7ccc(C)cc7s6)C(C)(C)[C@@H]5CC[C@]43C)[C@@H]2C1. The van der Waals surface area contributed by atoms with E-state index in [-0.39, 0.29) is 87.4 Å². The number of ether oxygens (including phenoxy) is 2. The molecule has 288 valence electrons. The Kier molecular flexibility index (Phi) is 9.38. The van der Waals surface area contributed by atoms with Gasteiger partial charge in [-0.25, -0.2) is 4.98 Å². The number of hydrogen-bond donors (Lipinski definition) is 1. The van der Waals surface area contributed by atoms with E-state index in [1.807, 2.05) is 32.0 Å². The third-order valence-electron chi connectivity index (χ3n) is 15.9. The zero-order valence-corrected chi connectivity index (χ0v) is 34.2. The predicted octanol–water partition coefficient (Wildman–Crippen LogP) is 9.78. The number of hydrogen-bond acceptors (Lipinski definition) is 8. The smallest absolute Gasteiger partial charge is 0.311 e. The molecule has 9 heteroatoms. The molecule has 1 amide bonds. The van der Waals surface area contributed by atoms with Crippen molar-refractivity contribution in [3.05, 3.63) is 35.4 Å². The molecule has 0 unspecified atom stereocenters. The van der Waals surface area contributed by atoms with Crippen LogP contribution < -0.4 is 5.32 Å². The molecule has 0 aliphatic heterocycles. The van der Waals surface area contributed by atoms with Crippen molar-refractivity contribution in [3.8, 4) is 0 Å². The third-order valence-corrected chi connectivity index (χ3v) is 16.8. The summed E-state index contributed by atoms with van der Waals surface area (Å²) in [6.45, 7) is 20.4. The topological polar surface area (TPSA) is 112 Å². The Hall–Kier alpha value is -3.07. The molecule has 8 nitrogen and oxygen atoms in total. The fraction of sp³-hybridized carbons (Fsp3) is 0.705. The predicted molar refractivity (Wildman–Crippen MR) is 208 cm³/mol. The van der Waals surface area contributed by atoms with Crippen molar-refractivity contribution in [2.45, 2.75) is 139 Å². The highest BCUT2D eigenvalue weighted by molar-refractivity contribution is 7.22. The quantitative estimate of drug-likeness (QED) is 0.281. The van der Waals surface area contributed by atoms with Crippen molar-refractivity contribution in [1.82, 2.24) is 4.98 Å². The van der Waals surface area contributed by atoms with Crippen LogP contribution in [0.15, 0.2) is 29.8 Å². The van der Waals surface area contributed by atoms with Crippen LogP contribution in [0, 0.1) is 57.2 Å². The summed E-state index contributed by atoms with van der Waals surface area (Å²) < 4.78 is 12.8. The van der Waals surface area contributed by atoms with Gasteiger partial charge in [0.15, 0.2) is 10.9 Å². The lowest BCUT2D eigenvalue weighted by molar-refractivity contribution is -0.211. The molecule has 5 aliphatic carbocycles. The van der Waals surface area contributed by atoms with Gasteiger partial charge in [-0.3, -0.25) is 19.2 Å². The van der Waals surface area contributed by atoms with Crippen LogP contribution in [0.3, 0.4) is 0 Å². The van der Waals surface area contributed by atoms with Gasteiger partial charge in [0.25, 0.3) is 0 Å². The summed E-state index contributed by atoms with van der Waals surface area (Å²) in [6.07, 6.45) is 9.89. The molecule has 1 aromatic heterocycles. The summed E-state index contributed by atoms with van der Waals surface area (Å²) in [5.41, 5.74) is 1.85. The van der Waals surface area contributed by atoms with Crippen molar-refractivity contribution in [2.75, 3.05) is 11.9 Å². The molecule has 9 atom stereocenters. The Morgan fingerprint density at radius 3 is 2.42 bits per heavy atom. The average Bonchev–Trinajstić information content (AvgIpc) is 3.48. The van der Waals surface area contributed by atoms with Crippen LogP contribution >= 0.6 is 11.3 Å². The number of thiazole rings is 1. The third kappa shape index (κ3) is 6.01. The van der Waals surface area contributed by atoms with E-state index in [1.54, 1.807) is 0 Å². The monoisotopic (exact) mass is 744 g/mol. The second-order valence-electron chi connectivity index (χ2n) is 19.4. The van der Waals surface area contributed by atoms with Crippen LogP contribution in [0.4, 0.5) is 5.13 Å². The number of allylic oxidation sites excluding steroid dienone is 2. The number of ketones is 1. The summed E-state index contributed by atoms with van der Waals surface area (Å²) in [4.78, 5) is 58.6. The van der Waals surface area contributed by atoms with E-state index in [9.17, 15) is 19.2 Å². The molecule has 4 saturated carbocycles. The number of amides is 1. The number of anilines is 1. The van der Waals surface area contributed by atoms with Gasteiger partial charge in [0.1, 0.15) is 6.10 Å². The fourth-order valence-electron chi connectivity index (χ4n) is 12.6. The number of esters is 2. The van der Waals surface area contributed by atoms with Crippen molar-refractivity contribution in [2.24, 2.45) is 50.2 Å². The number of carbonyl (C=O) groups excluding carboxylic acids is 4. The number of nitrogens with one attached hydrogen (secondary N) is 1. The van der Waals surface area contributed by atoms with E-state index in [1.165, 1.54) is 16.9 Å². The lowest BCUT2D eigenvalue weighted by Crippen LogP contribution is -2.66. The minimum atomic E-state index is -0.539. The van der Waals surface area contributed by atoms with Gasteiger partial charge in [-0.2, -0.15) is 0 Å². The van der Waals surface area contributed by atoms with Crippen LogP contribution in [-0.2, 0) is 28.7 Å². The van der Waals surface area contributed by atoms with Gasteiger partial charge in [-0.15, -0.1) is 0 Å². The van der Waals surface area contributed by atoms with Gasteiger partial charge in [0.05, 0.1) is 28.7 Å². The van der Waals surface area contributed by atoms with Crippen LogP contribution in [0.1, 0.15) is 132 Å². The molecule has 0 spiro atoms. The molecule has 0 radical (unpaired) electrons. The molecule has 7 rings (SSSR count). The largest absolute Gasteiger partial charge is 0.466 e. The van der Waals surface area contributed by atoms with Crippen LogP contribution in [0.25, 0.3) is 10.2 Å². The van der Waals surface area contributed by atoms with Gasteiger partial charge in [0, 0.05) is 17.8 Å². The van der Waals surface area contributed by atoms with E-state index >= 15 is 0 Å². The Balaban J connectivity index is 1.06. The second-order valence-corrected chi connectivity index (χ2v) is 20.4. The Morgan fingerprint density at radius 2 is 1.68 bits per heavy atom. The highest BCUT2D eigenvalue weighted by Gasteiger charge is 2.70. The number of benzene rings is 1. The number of aryl methyl sites for hydroxylation is 1. The Bertz CT molecular complexity index is 1880. The van der Waals surface area contributed by atoms with Crippen molar-refractivity contribution in [3.63, 3.8) is 0 Å². The minimum Gasteiger partial charge on any atom is -0.466 e. The van der Waals surface area contributed by atoms with E-state index in [2.05, 4.69) is 64.8 Å². The van der Waals surface area contributed by atoms with Gasteiger partial charge in [-0.05, 0) is 136 Å². The maximum absolute atomic E-state index is 14.8. The second kappa shape index (κ2) is 13.0.